The van der Waals surface area contributed by atoms with Crippen molar-refractivity contribution in [3.8, 4) is 11.1 Å². The zero-order chi connectivity index (χ0) is 61.1. The number of thiophene rings is 2. The van der Waals surface area contributed by atoms with Crippen LogP contribution in [0.4, 0.5) is 34.1 Å². The van der Waals surface area contributed by atoms with E-state index in [0.29, 0.717) is 0 Å². The summed E-state index contributed by atoms with van der Waals surface area (Å²) in [5, 5.41) is 5.09. The maximum Gasteiger partial charge on any atom is 0.0715 e. The second-order valence-electron chi connectivity index (χ2n) is 28.2. The fourth-order valence-corrected chi connectivity index (χ4v) is 16.8. The molecular weight excluding hydrogens is 1120 g/mol. The Kier molecular flexibility index (Phi) is 14.1. The molecule has 0 saturated heterocycles. The Morgan fingerprint density at radius 1 is 0.318 bits per heavy atom. The van der Waals surface area contributed by atoms with Crippen LogP contribution in [0.15, 0.2) is 252 Å². The monoisotopic (exact) mass is 1200 g/mol. The molecule has 0 amide bonds. The van der Waals surface area contributed by atoms with Gasteiger partial charge in [0.15, 0.2) is 0 Å². The highest BCUT2D eigenvalue weighted by atomic mass is 32.2. The number of nitrogens with zero attached hydrogens (tertiary/aromatic N) is 2. The normalized spacial score (nSPS) is 14.5. The first kappa shape index (κ1) is 57.5. The predicted octanol–water partition coefficient (Wildman–Crippen LogP) is 25.1. The number of anilines is 6. The summed E-state index contributed by atoms with van der Waals surface area (Å²) in [5.41, 5.74) is 18.8. The standard InChI is InChI=1S/C83H76N2S3/c1-79(2,3)53-31-33-57(34-32-53)83(58-41-49-64(50-42-58)86-63-47-39-56(40-48-63)82(10,11)12)67-52-70(85(60-25-17-14-18-26-60)62-45-37-55(38-46-62)81(7,8)9)77-74(66-28-20-22-30-72(66)87-77)75(67)76-68(83)51-69(73-65-27-19-21-29-71(65)88-78(73)76)84(59-23-15-13-16-24-59)61-43-35-54(36-44-61)80(4,5)6/h13-52H,1-12H3. The van der Waals surface area contributed by atoms with Gasteiger partial charge < -0.3 is 9.80 Å². The van der Waals surface area contributed by atoms with Gasteiger partial charge in [0.2, 0.25) is 0 Å². The molecular formula is C83H76N2S3. The van der Waals surface area contributed by atoms with Crippen molar-refractivity contribution in [2.45, 2.75) is 120 Å². The highest BCUT2D eigenvalue weighted by Crippen LogP contribution is 2.66. The minimum atomic E-state index is -0.847. The summed E-state index contributed by atoms with van der Waals surface area (Å²) in [6.45, 7) is 27.7. The molecule has 0 aliphatic heterocycles. The molecule has 1 atom stereocenters. The zero-order valence-corrected chi connectivity index (χ0v) is 55.2. The predicted molar refractivity (Wildman–Crippen MR) is 384 cm³/mol. The topological polar surface area (TPSA) is 6.48 Å². The number of hydrogen-bond donors (Lipinski definition) is 0. The maximum atomic E-state index is 2.64. The number of para-hydroxylation sites is 2. The van der Waals surface area contributed by atoms with Gasteiger partial charge >= 0.3 is 0 Å². The average Bonchev–Trinajstić information content (AvgIpc) is 1.50. The Balaban J connectivity index is 1.16. The molecule has 11 aromatic carbocycles. The summed E-state index contributed by atoms with van der Waals surface area (Å²) >= 11 is 5.71. The molecule has 0 radical (unpaired) electrons. The molecule has 436 valence electrons. The van der Waals surface area contributed by atoms with Crippen molar-refractivity contribution >= 4 is 109 Å². The first-order valence-electron chi connectivity index (χ1n) is 31.1. The summed E-state index contributed by atoms with van der Waals surface area (Å²) in [4.78, 5) is 7.53. The van der Waals surface area contributed by atoms with E-state index >= 15 is 0 Å². The molecule has 88 heavy (non-hydrogen) atoms. The van der Waals surface area contributed by atoms with Crippen LogP contribution in [-0.4, -0.2) is 0 Å². The van der Waals surface area contributed by atoms with Gasteiger partial charge in [-0.15, -0.1) is 22.7 Å². The number of fused-ring (bicyclic) bond motifs is 11. The van der Waals surface area contributed by atoms with Gasteiger partial charge in [-0.1, -0.05) is 240 Å². The molecule has 0 fully saturated rings. The van der Waals surface area contributed by atoms with Gasteiger partial charge in [0.1, 0.15) is 0 Å². The van der Waals surface area contributed by atoms with Gasteiger partial charge in [-0.3, -0.25) is 0 Å². The van der Waals surface area contributed by atoms with E-state index < -0.39 is 5.41 Å². The number of rotatable bonds is 10. The van der Waals surface area contributed by atoms with Gasteiger partial charge in [-0.2, -0.15) is 0 Å². The minimum Gasteiger partial charge on any atom is -0.310 e. The van der Waals surface area contributed by atoms with E-state index in [-0.39, 0.29) is 21.7 Å². The average molecular weight is 1200 g/mol. The fourth-order valence-electron chi connectivity index (χ4n) is 13.5. The van der Waals surface area contributed by atoms with Gasteiger partial charge in [0, 0.05) is 73.7 Å². The quantitative estimate of drug-likeness (QED) is 0.135. The molecule has 2 aromatic heterocycles. The molecule has 13 aromatic rings. The van der Waals surface area contributed by atoms with Crippen molar-refractivity contribution in [2.75, 3.05) is 9.80 Å². The number of benzene rings is 11. The van der Waals surface area contributed by atoms with Crippen molar-refractivity contribution in [2.24, 2.45) is 0 Å². The van der Waals surface area contributed by atoms with E-state index in [2.05, 4.69) is 336 Å². The SMILES string of the molecule is CC(C)(C)c1ccc(Sc2ccc(C3(c4ccc(C(C)(C)C)cc4)c4cc(N(c5ccccc5)c5ccc(C(C)(C)C)cc5)c5c(sc6ccccc65)c4-c4c3cc(N(c3ccccc3)c3ccc(C(C)(C)C)cc3)c3sc5ccccc5c43)cc2)cc1. The Morgan fingerprint density at radius 2 is 0.659 bits per heavy atom. The van der Waals surface area contributed by atoms with Crippen LogP contribution < -0.4 is 9.80 Å². The van der Waals surface area contributed by atoms with Crippen LogP contribution in [0.1, 0.15) is 128 Å². The zero-order valence-electron chi connectivity index (χ0n) is 52.7. The lowest BCUT2D eigenvalue weighted by Gasteiger charge is -2.36. The van der Waals surface area contributed by atoms with E-state index in [1.807, 2.05) is 34.4 Å². The third-order valence-corrected chi connectivity index (χ3v) is 21.6. The molecule has 1 aliphatic rings. The van der Waals surface area contributed by atoms with Crippen LogP contribution in [-0.2, 0) is 27.1 Å². The van der Waals surface area contributed by atoms with Gasteiger partial charge in [-0.05, 0) is 169 Å². The Bertz CT molecular complexity index is 4740. The second kappa shape index (κ2) is 21.5. The fraction of sp³-hybridized carbons (Fsp3) is 0.205. The van der Waals surface area contributed by atoms with Crippen LogP contribution >= 0.6 is 34.4 Å². The lowest BCUT2D eigenvalue weighted by molar-refractivity contribution is 0.589. The molecule has 0 spiro atoms. The molecule has 0 N–H and O–H groups in total. The van der Waals surface area contributed by atoms with Crippen molar-refractivity contribution in [1.82, 2.24) is 0 Å². The Labute approximate surface area is 533 Å². The molecule has 1 unspecified atom stereocenters. The van der Waals surface area contributed by atoms with Gasteiger partial charge in [0.05, 0.1) is 21.5 Å². The van der Waals surface area contributed by atoms with Crippen LogP contribution in [0.5, 0.6) is 0 Å². The van der Waals surface area contributed by atoms with Crippen LogP contribution in [0.3, 0.4) is 0 Å². The first-order valence-corrected chi connectivity index (χ1v) is 33.5. The van der Waals surface area contributed by atoms with E-state index in [1.54, 1.807) is 0 Å². The first-order chi connectivity index (χ1) is 42.2. The van der Waals surface area contributed by atoms with E-state index in [0.717, 1.165) is 34.1 Å². The minimum absolute atomic E-state index is 0.00989. The second-order valence-corrected chi connectivity index (χ2v) is 31.4. The summed E-state index contributed by atoms with van der Waals surface area (Å²) < 4.78 is 5.10. The summed E-state index contributed by atoms with van der Waals surface area (Å²) in [6.07, 6.45) is 0. The maximum absolute atomic E-state index is 2.64. The summed E-state index contributed by atoms with van der Waals surface area (Å²) in [5.74, 6) is 0. The molecule has 14 rings (SSSR count). The van der Waals surface area contributed by atoms with E-state index in [9.17, 15) is 0 Å². The molecule has 0 saturated carbocycles. The van der Waals surface area contributed by atoms with E-state index in [1.165, 1.54) is 106 Å². The van der Waals surface area contributed by atoms with Crippen molar-refractivity contribution < 1.29 is 0 Å². The Morgan fingerprint density at radius 3 is 1.12 bits per heavy atom. The molecule has 2 nitrogen and oxygen atoms in total. The largest absolute Gasteiger partial charge is 0.310 e. The smallest absolute Gasteiger partial charge is 0.0715 e. The highest BCUT2D eigenvalue weighted by Gasteiger charge is 2.50. The molecule has 2 heterocycles. The van der Waals surface area contributed by atoms with Crippen molar-refractivity contribution in [3.63, 3.8) is 0 Å². The van der Waals surface area contributed by atoms with Crippen molar-refractivity contribution in [1.29, 1.82) is 0 Å². The lowest BCUT2D eigenvalue weighted by Crippen LogP contribution is -2.29. The van der Waals surface area contributed by atoms with Crippen LogP contribution in [0, 0.1) is 0 Å². The number of hydrogen-bond acceptors (Lipinski definition) is 5. The van der Waals surface area contributed by atoms with Crippen LogP contribution in [0.2, 0.25) is 0 Å². The summed E-state index contributed by atoms with van der Waals surface area (Å²) in [6, 6.07) is 93.2. The molecule has 0 bridgehead atoms. The lowest BCUT2D eigenvalue weighted by atomic mass is 9.67. The van der Waals surface area contributed by atoms with E-state index in [4.69, 9.17) is 0 Å². The third-order valence-electron chi connectivity index (χ3n) is 18.2. The van der Waals surface area contributed by atoms with Gasteiger partial charge in [0.25, 0.3) is 0 Å². The molecule has 1 aliphatic carbocycles. The third kappa shape index (κ3) is 9.86. The highest BCUT2D eigenvalue weighted by molar-refractivity contribution is 7.99. The Hall–Kier alpha value is -8.19. The van der Waals surface area contributed by atoms with Crippen molar-refractivity contribution in [3.05, 3.63) is 287 Å². The van der Waals surface area contributed by atoms with Crippen LogP contribution in [0.25, 0.3) is 51.5 Å². The molecule has 5 heteroatoms. The summed E-state index contributed by atoms with van der Waals surface area (Å²) in [7, 11) is 0. The van der Waals surface area contributed by atoms with Gasteiger partial charge in [-0.25, -0.2) is 0 Å².